The van der Waals surface area contributed by atoms with E-state index in [1.54, 1.807) is 7.11 Å². The topological polar surface area (TPSA) is 61.0 Å². The second-order valence-corrected chi connectivity index (χ2v) is 5.13. The van der Waals surface area contributed by atoms with Crippen molar-refractivity contribution in [3.05, 3.63) is 41.3 Å². The third kappa shape index (κ3) is 2.96. The number of hydrogen-bond donors (Lipinski definition) is 1. The van der Waals surface area contributed by atoms with Gasteiger partial charge in [-0.3, -0.25) is 0 Å². The van der Waals surface area contributed by atoms with Crippen molar-refractivity contribution in [2.45, 2.75) is 33.2 Å². The average molecular weight is 271 g/mol. The van der Waals surface area contributed by atoms with Crippen molar-refractivity contribution in [1.82, 2.24) is 9.97 Å². The van der Waals surface area contributed by atoms with Gasteiger partial charge >= 0.3 is 0 Å². The van der Waals surface area contributed by atoms with Crippen molar-refractivity contribution in [2.75, 3.05) is 7.11 Å². The van der Waals surface area contributed by atoms with Crippen LogP contribution in [0.15, 0.2) is 24.3 Å². The van der Waals surface area contributed by atoms with Gasteiger partial charge in [0.05, 0.1) is 19.3 Å². The molecule has 0 radical (unpaired) electrons. The number of nitrogens with two attached hydrogens (primary N) is 1. The minimum atomic E-state index is 0.334. The van der Waals surface area contributed by atoms with E-state index in [0.717, 1.165) is 22.7 Å². The van der Waals surface area contributed by atoms with Gasteiger partial charge in [0.25, 0.3) is 0 Å². The van der Waals surface area contributed by atoms with E-state index in [-0.39, 0.29) is 0 Å². The summed E-state index contributed by atoms with van der Waals surface area (Å²) in [6.07, 6.45) is 0. The summed E-state index contributed by atoms with van der Waals surface area (Å²) in [7, 11) is 1.67. The zero-order valence-corrected chi connectivity index (χ0v) is 12.5. The summed E-state index contributed by atoms with van der Waals surface area (Å²) in [5.41, 5.74) is 9.67. The minimum Gasteiger partial charge on any atom is -0.496 e. The highest BCUT2D eigenvalue weighted by Crippen LogP contribution is 2.32. The van der Waals surface area contributed by atoms with E-state index in [2.05, 4.69) is 35.9 Å². The van der Waals surface area contributed by atoms with Crippen LogP contribution in [0.25, 0.3) is 11.3 Å². The zero-order valence-electron chi connectivity index (χ0n) is 12.5. The van der Waals surface area contributed by atoms with E-state index >= 15 is 0 Å². The Bertz CT molecular complexity index is 609. The van der Waals surface area contributed by atoms with Crippen LogP contribution >= 0.6 is 0 Å². The molecule has 0 bridgehead atoms. The Balaban J connectivity index is 2.60. The van der Waals surface area contributed by atoms with E-state index in [0.29, 0.717) is 18.3 Å². The lowest BCUT2D eigenvalue weighted by Crippen LogP contribution is -2.05. The predicted octanol–water partition coefficient (Wildman–Crippen LogP) is 3.04. The van der Waals surface area contributed by atoms with Gasteiger partial charge in [0.15, 0.2) is 0 Å². The van der Waals surface area contributed by atoms with E-state index in [1.807, 2.05) is 19.1 Å². The van der Waals surface area contributed by atoms with Gasteiger partial charge in [-0.05, 0) is 36.6 Å². The van der Waals surface area contributed by atoms with Crippen LogP contribution in [0.2, 0.25) is 0 Å². The number of benzene rings is 1. The van der Waals surface area contributed by atoms with Crippen molar-refractivity contribution >= 4 is 0 Å². The quantitative estimate of drug-likeness (QED) is 0.928. The Labute approximate surface area is 120 Å². The van der Waals surface area contributed by atoms with Gasteiger partial charge in [0, 0.05) is 11.3 Å². The van der Waals surface area contributed by atoms with E-state index < -0.39 is 0 Å². The van der Waals surface area contributed by atoms with Crippen LogP contribution in [0, 0.1) is 6.92 Å². The summed E-state index contributed by atoms with van der Waals surface area (Å²) in [6, 6.07) is 8.17. The van der Waals surface area contributed by atoms with Crippen molar-refractivity contribution in [3.8, 4) is 17.0 Å². The molecule has 0 aliphatic heterocycles. The summed E-state index contributed by atoms with van der Waals surface area (Å²) < 4.78 is 5.46. The van der Waals surface area contributed by atoms with Crippen LogP contribution in [-0.4, -0.2) is 17.1 Å². The molecule has 2 rings (SSSR count). The van der Waals surface area contributed by atoms with Crippen LogP contribution < -0.4 is 10.5 Å². The first-order valence-electron chi connectivity index (χ1n) is 6.78. The molecule has 4 heteroatoms. The normalized spacial score (nSPS) is 10.9. The molecule has 2 N–H and O–H groups in total. The summed E-state index contributed by atoms with van der Waals surface area (Å²) >= 11 is 0. The van der Waals surface area contributed by atoms with Crippen LogP contribution in [0.5, 0.6) is 5.75 Å². The predicted molar refractivity (Wildman–Crippen MR) is 80.7 cm³/mol. The Morgan fingerprint density at radius 3 is 2.55 bits per heavy atom. The molecule has 106 valence electrons. The van der Waals surface area contributed by atoms with Gasteiger partial charge in [-0.2, -0.15) is 0 Å². The van der Waals surface area contributed by atoms with Crippen molar-refractivity contribution in [1.29, 1.82) is 0 Å². The zero-order chi connectivity index (χ0) is 14.7. The molecule has 20 heavy (non-hydrogen) atoms. The number of methoxy groups -OCH3 is 1. The first-order chi connectivity index (χ1) is 9.55. The first kappa shape index (κ1) is 14.5. The lowest BCUT2D eigenvalue weighted by atomic mass is 9.98. The second kappa shape index (κ2) is 6.01. The molecule has 0 saturated carbocycles. The molecule has 0 aliphatic rings. The molecule has 0 atom stereocenters. The van der Waals surface area contributed by atoms with E-state index in [1.165, 1.54) is 5.56 Å². The van der Waals surface area contributed by atoms with Crippen LogP contribution in [0.1, 0.15) is 36.8 Å². The highest BCUT2D eigenvalue weighted by Gasteiger charge is 2.12. The molecule has 0 unspecified atom stereocenters. The maximum Gasteiger partial charge on any atom is 0.142 e. The Morgan fingerprint density at radius 1 is 1.20 bits per heavy atom. The standard InChI is InChI=1S/C16H21N3O/c1-10(2)12-5-6-15(20-4)13(8-12)14-7-11(3)18-16(9-17)19-14/h5-8,10H,9,17H2,1-4H3. The molecule has 1 aromatic heterocycles. The maximum atomic E-state index is 5.66. The van der Waals surface area contributed by atoms with Crippen LogP contribution in [0.4, 0.5) is 0 Å². The summed E-state index contributed by atoms with van der Waals surface area (Å²) in [5, 5.41) is 0. The van der Waals surface area contributed by atoms with Gasteiger partial charge in [0.2, 0.25) is 0 Å². The number of hydrogen-bond acceptors (Lipinski definition) is 4. The number of ether oxygens (including phenoxy) is 1. The third-order valence-corrected chi connectivity index (χ3v) is 3.25. The number of aromatic nitrogens is 2. The fraction of sp³-hybridized carbons (Fsp3) is 0.375. The highest BCUT2D eigenvalue weighted by molar-refractivity contribution is 5.68. The van der Waals surface area contributed by atoms with Gasteiger partial charge in [-0.1, -0.05) is 19.9 Å². The SMILES string of the molecule is COc1ccc(C(C)C)cc1-c1cc(C)nc(CN)n1. The number of nitrogens with zero attached hydrogens (tertiary/aromatic N) is 2. The molecule has 0 saturated heterocycles. The van der Waals surface area contributed by atoms with Crippen molar-refractivity contribution in [2.24, 2.45) is 5.73 Å². The minimum absolute atomic E-state index is 0.334. The molecule has 1 aromatic carbocycles. The van der Waals surface area contributed by atoms with Crippen LogP contribution in [0.3, 0.4) is 0 Å². The van der Waals surface area contributed by atoms with Gasteiger partial charge in [-0.15, -0.1) is 0 Å². The number of aryl methyl sites for hydroxylation is 1. The molecular weight excluding hydrogens is 250 g/mol. The fourth-order valence-corrected chi connectivity index (χ4v) is 2.14. The maximum absolute atomic E-state index is 5.66. The lowest BCUT2D eigenvalue weighted by Gasteiger charge is -2.13. The monoisotopic (exact) mass is 271 g/mol. The van der Waals surface area contributed by atoms with Gasteiger partial charge in [-0.25, -0.2) is 9.97 Å². The second-order valence-electron chi connectivity index (χ2n) is 5.13. The molecule has 0 spiro atoms. The molecule has 0 amide bonds. The number of rotatable bonds is 4. The summed E-state index contributed by atoms with van der Waals surface area (Å²) in [6.45, 7) is 6.62. The molecule has 4 nitrogen and oxygen atoms in total. The average Bonchev–Trinajstić information content (AvgIpc) is 2.45. The Hall–Kier alpha value is -1.94. The fourth-order valence-electron chi connectivity index (χ4n) is 2.14. The molecule has 2 aromatic rings. The Kier molecular flexibility index (Phi) is 4.35. The van der Waals surface area contributed by atoms with Crippen molar-refractivity contribution in [3.63, 3.8) is 0 Å². The summed E-state index contributed by atoms with van der Waals surface area (Å²) in [4.78, 5) is 8.83. The smallest absolute Gasteiger partial charge is 0.142 e. The van der Waals surface area contributed by atoms with Crippen molar-refractivity contribution < 1.29 is 4.74 Å². The van der Waals surface area contributed by atoms with Gasteiger partial charge < -0.3 is 10.5 Å². The van der Waals surface area contributed by atoms with E-state index in [4.69, 9.17) is 10.5 Å². The molecule has 0 aliphatic carbocycles. The summed E-state index contributed by atoms with van der Waals surface area (Å²) in [5.74, 6) is 1.92. The third-order valence-electron chi connectivity index (χ3n) is 3.25. The Morgan fingerprint density at radius 2 is 1.95 bits per heavy atom. The molecule has 1 heterocycles. The largest absolute Gasteiger partial charge is 0.496 e. The molecule has 0 fully saturated rings. The lowest BCUT2D eigenvalue weighted by molar-refractivity contribution is 0.416. The van der Waals surface area contributed by atoms with Crippen LogP contribution in [-0.2, 0) is 6.54 Å². The first-order valence-corrected chi connectivity index (χ1v) is 6.78. The highest BCUT2D eigenvalue weighted by atomic mass is 16.5. The van der Waals surface area contributed by atoms with E-state index in [9.17, 15) is 0 Å². The molecular formula is C16H21N3O. The van der Waals surface area contributed by atoms with Gasteiger partial charge in [0.1, 0.15) is 11.6 Å².